The summed E-state index contributed by atoms with van der Waals surface area (Å²) in [5.74, 6) is -2.87. The standard InChI is InChI=1S/C13H16FN3O4/c1-8(2)15-12(19)13(20)17-16-11(18)7-21-10-5-3-4-9(14)6-10/h3-6,8H,7H2,1-2H3,(H,15,19)(H,16,18)(H,17,20). The maximum absolute atomic E-state index is 12.9. The van der Waals surface area contributed by atoms with Gasteiger partial charge in [-0.1, -0.05) is 6.07 Å². The zero-order valence-electron chi connectivity index (χ0n) is 11.6. The zero-order valence-corrected chi connectivity index (χ0v) is 11.6. The Kier molecular flexibility index (Phi) is 6.12. The van der Waals surface area contributed by atoms with Crippen molar-refractivity contribution in [3.63, 3.8) is 0 Å². The lowest BCUT2D eigenvalue weighted by Crippen LogP contribution is -2.50. The van der Waals surface area contributed by atoms with Crippen molar-refractivity contribution < 1.29 is 23.5 Å². The van der Waals surface area contributed by atoms with Crippen molar-refractivity contribution in [1.82, 2.24) is 16.2 Å². The van der Waals surface area contributed by atoms with Gasteiger partial charge in [-0.2, -0.15) is 0 Å². The topological polar surface area (TPSA) is 96.5 Å². The quantitative estimate of drug-likeness (QED) is 0.533. The summed E-state index contributed by atoms with van der Waals surface area (Å²) >= 11 is 0. The van der Waals surface area contributed by atoms with Gasteiger partial charge in [0, 0.05) is 12.1 Å². The number of benzene rings is 1. The van der Waals surface area contributed by atoms with Crippen LogP contribution in [-0.2, 0) is 14.4 Å². The van der Waals surface area contributed by atoms with Gasteiger partial charge in [0.25, 0.3) is 5.91 Å². The highest BCUT2D eigenvalue weighted by Crippen LogP contribution is 2.11. The van der Waals surface area contributed by atoms with E-state index >= 15 is 0 Å². The van der Waals surface area contributed by atoms with Crippen molar-refractivity contribution in [2.24, 2.45) is 0 Å². The highest BCUT2D eigenvalue weighted by molar-refractivity contribution is 6.35. The Morgan fingerprint density at radius 1 is 1.19 bits per heavy atom. The van der Waals surface area contributed by atoms with E-state index in [0.717, 1.165) is 6.07 Å². The molecule has 0 saturated carbocycles. The molecule has 0 unspecified atom stereocenters. The molecular formula is C13H16FN3O4. The van der Waals surface area contributed by atoms with Crippen LogP contribution >= 0.6 is 0 Å². The Hall–Kier alpha value is -2.64. The Balaban J connectivity index is 2.31. The van der Waals surface area contributed by atoms with E-state index in [1.165, 1.54) is 18.2 Å². The van der Waals surface area contributed by atoms with Crippen LogP contribution < -0.4 is 20.9 Å². The largest absolute Gasteiger partial charge is 0.484 e. The van der Waals surface area contributed by atoms with Gasteiger partial charge >= 0.3 is 11.8 Å². The lowest BCUT2D eigenvalue weighted by Gasteiger charge is -2.10. The molecule has 3 amide bonds. The molecule has 21 heavy (non-hydrogen) atoms. The predicted molar refractivity (Wildman–Crippen MR) is 71.5 cm³/mol. The summed E-state index contributed by atoms with van der Waals surface area (Å²) in [6.07, 6.45) is 0. The number of nitrogens with one attached hydrogen (secondary N) is 3. The third-order valence-electron chi connectivity index (χ3n) is 2.11. The number of carbonyl (C=O) groups excluding carboxylic acids is 3. The lowest BCUT2D eigenvalue weighted by molar-refractivity contribution is -0.141. The lowest BCUT2D eigenvalue weighted by atomic mass is 10.3. The van der Waals surface area contributed by atoms with Crippen molar-refractivity contribution >= 4 is 17.7 Å². The number of carbonyl (C=O) groups is 3. The van der Waals surface area contributed by atoms with Gasteiger partial charge in [0.1, 0.15) is 11.6 Å². The minimum Gasteiger partial charge on any atom is -0.484 e. The molecule has 0 bridgehead atoms. The van der Waals surface area contributed by atoms with Crippen LogP contribution in [-0.4, -0.2) is 30.4 Å². The Labute approximate surface area is 120 Å². The fourth-order valence-corrected chi connectivity index (χ4v) is 1.25. The fraction of sp³-hybridized carbons (Fsp3) is 0.308. The number of rotatable bonds is 4. The van der Waals surface area contributed by atoms with Crippen LogP contribution in [0.5, 0.6) is 5.75 Å². The van der Waals surface area contributed by atoms with Gasteiger partial charge in [-0.05, 0) is 26.0 Å². The van der Waals surface area contributed by atoms with Crippen LogP contribution in [0.1, 0.15) is 13.8 Å². The zero-order chi connectivity index (χ0) is 15.8. The van der Waals surface area contributed by atoms with Crippen LogP contribution in [0.2, 0.25) is 0 Å². The SMILES string of the molecule is CC(C)NC(=O)C(=O)NNC(=O)COc1cccc(F)c1. The summed E-state index contributed by atoms with van der Waals surface area (Å²) in [7, 11) is 0. The number of hydrogen-bond acceptors (Lipinski definition) is 4. The number of amides is 3. The molecule has 0 saturated heterocycles. The molecule has 3 N–H and O–H groups in total. The molecule has 0 radical (unpaired) electrons. The van der Waals surface area contributed by atoms with E-state index in [0.29, 0.717) is 0 Å². The molecule has 0 aliphatic heterocycles. The first-order chi connectivity index (χ1) is 9.88. The first kappa shape index (κ1) is 16.4. The van der Waals surface area contributed by atoms with Gasteiger partial charge in [-0.15, -0.1) is 0 Å². The van der Waals surface area contributed by atoms with E-state index in [2.05, 4.69) is 5.32 Å². The molecule has 0 fully saturated rings. The summed E-state index contributed by atoms with van der Waals surface area (Å²) < 4.78 is 17.9. The number of ether oxygens (including phenoxy) is 1. The number of halogens is 1. The van der Waals surface area contributed by atoms with Crippen molar-refractivity contribution in [2.45, 2.75) is 19.9 Å². The molecule has 7 nitrogen and oxygen atoms in total. The molecule has 1 rings (SSSR count). The molecule has 114 valence electrons. The van der Waals surface area contributed by atoms with Crippen LogP contribution in [0.3, 0.4) is 0 Å². The van der Waals surface area contributed by atoms with E-state index in [4.69, 9.17) is 4.74 Å². The third kappa shape index (κ3) is 6.37. The van der Waals surface area contributed by atoms with Gasteiger partial charge in [0.05, 0.1) is 0 Å². The molecule has 0 heterocycles. The molecular weight excluding hydrogens is 281 g/mol. The second-order valence-electron chi connectivity index (χ2n) is 4.38. The normalized spacial score (nSPS) is 9.90. The summed E-state index contributed by atoms with van der Waals surface area (Å²) in [5.41, 5.74) is 3.93. The van der Waals surface area contributed by atoms with Crippen LogP contribution in [0.4, 0.5) is 4.39 Å². The minimum absolute atomic E-state index is 0.175. The Bertz CT molecular complexity index is 534. The van der Waals surface area contributed by atoms with Gasteiger partial charge in [-0.3, -0.25) is 25.2 Å². The highest BCUT2D eigenvalue weighted by Gasteiger charge is 2.14. The van der Waals surface area contributed by atoms with Gasteiger partial charge in [-0.25, -0.2) is 4.39 Å². The average Bonchev–Trinajstić information content (AvgIpc) is 2.41. The van der Waals surface area contributed by atoms with Crippen LogP contribution in [0.25, 0.3) is 0 Å². The molecule has 8 heteroatoms. The molecule has 0 spiro atoms. The van der Waals surface area contributed by atoms with E-state index < -0.39 is 30.1 Å². The first-order valence-corrected chi connectivity index (χ1v) is 6.16. The summed E-state index contributed by atoms with van der Waals surface area (Å²) in [6, 6.07) is 5.06. The molecule has 1 aromatic carbocycles. The van der Waals surface area contributed by atoms with E-state index in [9.17, 15) is 18.8 Å². The van der Waals surface area contributed by atoms with Crippen molar-refractivity contribution in [1.29, 1.82) is 0 Å². The molecule has 0 atom stereocenters. The molecule has 0 aliphatic carbocycles. The number of hydrazine groups is 1. The monoisotopic (exact) mass is 297 g/mol. The fourth-order valence-electron chi connectivity index (χ4n) is 1.25. The van der Waals surface area contributed by atoms with E-state index in [1.54, 1.807) is 13.8 Å². The Morgan fingerprint density at radius 2 is 1.90 bits per heavy atom. The number of hydrogen-bond donors (Lipinski definition) is 3. The van der Waals surface area contributed by atoms with Gasteiger partial charge in [0.15, 0.2) is 6.61 Å². The van der Waals surface area contributed by atoms with E-state index in [1.807, 2.05) is 10.9 Å². The van der Waals surface area contributed by atoms with Crippen molar-refractivity contribution in [3.05, 3.63) is 30.1 Å². The third-order valence-corrected chi connectivity index (χ3v) is 2.11. The molecule has 0 aliphatic rings. The Morgan fingerprint density at radius 3 is 2.52 bits per heavy atom. The van der Waals surface area contributed by atoms with Crippen molar-refractivity contribution in [2.75, 3.05) is 6.61 Å². The van der Waals surface area contributed by atoms with Crippen LogP contribution in [0, 0.1) is 5.82 Å². The minimum atomic E-state index is -0.997. The summed E-state index contributed by atoms with van der Waals surface area (Å²) in [6.45, 7) is 2.95. The predicted octanol–water partition coefficient (Wildman–Crippen LogP) is -0.123. The summed E-state index contributed by atoms with van der Waals surface area (Å²) in [5, 5.41) is 2.36. The van der Waals surface area contributed by atoms with Crippen LogP contribution in [0.15, 0.2) is 24.3 Å². The van der Waals surface area contributed by atoms with Crippen molar-refractivity contribution in [3.8, 4) is 5.75 Å². The molecule has 0 aromatic heterocycles. The first-order valence-electron chi connectivity index (χ1n) is 6.16. The van der Waals surface area contributed by atoms with E-state index in [-0.39, 0.29) is 11.8 Å². The smallest absolute Gasteiger partial charge is 0.327 e. The second-order valence-corrected chi connectivity index (χ2v) is 4.38. The van der Waals surface area contributed by atoms with Gasteiger partial charge < -0.3 is 10.1 Å². The maximum atomic E-state index is 12.9. The summed E-state index contributed by atoms with van der Waals surface area (Å²) in [4.78, 5) is 33.9. The van der Waals surface area contributed by atoms with Gasteiger partial charge in [0.2, 0.25) is 0 Å². The molecule has 1 aromatic rings. The highest BCUT2D eigenvalue weighted by atomic mass is 19.1. The second kappa shape index (κ2) is 7.83. The maximum Gasteiger partial charge on any atom is 0.327 e. The average molecular weight is 297 g/mol.